The maximum Gasteiger partial charge on any atom is 0.191 e. The molecule has 1 saturated carbocycles. The number of hydrogen-bond acceptors (Lipinski definition) is 3. The van der Waals surface area contributed by atoms with Crippen molar-refractivity contribution >= 4 is 17.7 Å². The molecule has 1 aliphatic rings. The van der Waals surface area contributed by atoms with Gasteiger partial charge in [0.1, 0.15) is 11.5 Å². The molecule has 1 aliphatic carbocycles. The van der Waals surface area contributed by atoms with Crippen LogP contribution in [0.15, 0.2) is 15.5 Å². The Bertz CT molecular complexity index is 470. The van der Waals surface area contributed by atoms with Gasteiger partial charge in [-0.3, -0.25) is 4.99 Å². The van der Waals surface area contributed by atoms with E-state index in [-0.39, 0.29) is 0 Å². The summed E-state index contributed by atoms with van der Waals surface area (Å²) in [7, 11) is 1.82. The van der Waals surface area contributed by atoms with E-state index >= 15 is 0 Å². The van der Waals surface area contributed by atoms with Gasteiger partial charge in [-0.2, -0.15) is 11.8 Å². The van der Waals surface area contributed by atoms with E-state index in [9.17, 15) is 0 Å². The fourth-order valence-electron chi connectivity index (χ4n) is 2.71. The summed E-state index contributed by atoms with van der Waals surface area (Å²) in [5.74, 6) is 2.82. The molecule has 0 amide bonds. The molecule has 4 nitrogen and oxygen atoms in total. The largest absolute Gasteiger partial charge is 0.466 e. The van der Waals surface area contributed by atoms with Crippen LogP contribution in [0.2, 0.25) is 0 Å². The third-order valence-corrected chi connectivity index (χ3v) is 4.97. The zero-order chi connectivity index (χ0) is 14.5. The lowest BCUT2D eigenvalue weighted by Gasteiger charge is -2.17. The van der Waals surface area contributed by atoms with Gasteiger partial charge in [-0.1, -0.05) is 0 Å². The lowest BCUT2D eigenvalue weighted by atomic mass is 10.2. The van der Waals surface area contributed by atoms with Crippen LogP contribution < -0.4 is 10.6 Å². The molecule has 1 aromatic rings. The molecule has 0 saturated heterocycles. The minimum absolute atomic E-state index is 0.547. The van der Waals surface area contributed by atoms with Crippen LogP contribution in [-0.4, -0.2) is 30.6 Å². The van der Waals surface area contributed by atoms with Gasteiger partial charge in [0.15, 0.2) is 5.96 Å². The summed E-state index contributed by atoms with van der Waals surface area (Å²) in [6, 6.07) is 2.63. The van der Waals surface area contributed by atoms with Crippen LogP contribution in [0.4, 0.5) is 0 Å². The maximum atomic E-state index is 5.54. The number of hydrogen-bond donors (Lipinski definition) is 2. The van der Waals surface area contributed by atoms with Crippen molar-refractivity contribution in [2.45, 2.75) is 50.9 Å². The molecule has 2 unspecified atom stereocenters. The van der Waals surface area contributed by atoms with Crippen molar-refractivity contribution in [3.63, 3.8) is 0 Å². The topological polar surface area (TPSA) is 49.6 Å². The molecule has 0 radical (unpaired) electrons. The average Bonchev–Trinajstić information content (AvgIpc) is 3.01. The molecular weight excluding hydrogens is 270 g/mol. The molecule has 2 N–H and O–H groups in total. The third-order valence-electron chi connectivity index (χ3n) is 3.87. The van der Waals surface area contributed by atoms with Crippen molar-refractivity contribution in [1.29, 1.82) is 0 Å². The van der Waals surface area contributed by atoms with Crippen molar-refractivity contribution < 1.29 is 4.42 Å². The van der Waals surface area contributed by atoms with Crippen molar-refractivity contribution in [2.24, 2.45) is 4.99 Å². The number of thioether (sulfide) groups is 1. The van der Waals surface area contributed by atoms with E-state index in [1.807, 2.05) is 32.7 Å². The number of aliphatic imine (C=N–C) groups is 1. The molecule has 0 aromatic carbocycles. The highest BCUT2D eigenvalue weighted by Gasteiger charge is 2.24. The maximum absolute atomic E-state index is 5.54. The van der Waals surface area contributed by atoms with Crippen LogP contribution in [0, 0.1) is 13.8 Å². The van der Waals surface area contributed by atoms with Gasteiger partial charge in [0.25, 0.3) is 0 Å². The van der Waals surface area contributed by atoms with Crippen molar-refractivity contribution in [3.05, 3.63) is 23.2 Å². The summed E-state index contributed by atoms with van der Waals surface area (Å²) >= 11 is 1.97. The molecule has 2 rings (SSSR count). The second-order valence-corrected chi connectivity index (χ2v) is 6.51. The van der Waals surface area contributed by atoms with Crippen molar-refractivity contribution in [2.75, 3.05) is 13.3 Å². The monoisotopic (exact) mass is 295 g/mol. The summed E-state index contributed by atoms with van der Waals surface area (Å²) in [5.41, 5.74) is 1.19. The molecule has 5 heteroatoms. The highest BCUT2D eigenvalue weighted by molar-refractivity contribution is 7.99. The first-order chi connectivity index (χ1) is 9.62. The second kappa shape index (κ2) is 7.07. The van der Waals surface area contributed by atoms with E-state index in [4.69, 9.17) is 4.42 Å². The SMILES string of the molecule is CN=C(NCc1cc(C)oc1C)NC1CCC(SC)C1. The van der Waals surface area contributed by atoms with Gasteiger partial charge in [-0.25, -0.2) is 0 Å². The molecule has 1 heterocycles. The molecule has 1 fully saturated rings. The summed E-state index contributed by atoms with van der Waals surface area (Å²) < 4.78 is 5.54. The predicted octanol–water partition coefficient (Wildman–Crippen LogP) is 2.85. The lowest BCUT2D eigenvalue weighted by Crippen LogP contribution is -2.42. The van der Waals surface area contributed by atoms with E-state index in [1.54, 1.807) is 0 Å². The molecule has 112 valence electrons. The zero-order valence-electron chi connectivity index (χ0n) is 12.8. The molecule has 20 heavy (non-hydrogen) atoms. The Morgan fingerprint density at radius 3 is 2.80 bits per heavy atom. The molecule has 1 aromatic heterocycles. The summed E-state index contributed by atoms with van der Waals surface area (Å²) in [5, 5.41) is 7.69. The number of furan rings is 1. The Balaban J connectivity index is 1.83. The fraction of sp³-hybridized carbons (Fsp3) is 0.667. The molecular formula is C15H25N3OS. The van der Waals surface area contributed by atoms with Gasteiger partial charge in [0, 0.05) is 30.4 Å². The number of aryl methyl sites for hydroxylation is 2. The van der Waals surface area contributed by atoms with Gasteiger partial charge < -0.3 is 15.1 Å². The van der Waals surface area contributed by atoms with Gasteiger partial charge in [-0.15, -0.1) is 0 Å². The van der Waals surface area contributed by atoms with Gasteiger partial charge in [0.2, 0.25) is 0 Å². The highest BCUT2D eigenvalue weighted by atomic mass is 32.2. The highest BCUT2D eigenvalue weighted by Crippen LogP contribution is 2.28. The first kappa shape index (κ1) is 15.3. The third kappa shape index (κ3) is 3.95. The van der Waals surface area contributed by atoms with Gasteiger partial charge >= 0.3 is 0 Å². The molecule has 0 bridgehead atoms. The molecule has 2 atom stereocenters. The van der Waals surface area contributed by atoms with E-state index < -0.39 is 0 Å². The van der Waals surface area contributed by atoms with E-state index in [0.29, 0.717) is 6.04 Å². The molecule has 0 spiro atoms. The smallest absolute Gasteiger partial charge is 0.191 e. The number of guanidine groups is 1. The van der Waals surface area contributed by atoms with Crippen LogP contribution in [-0.2, 0) is 6.54 Å². The molecule has 0 aliphatic heterocycles. The van der Waals surface area contributed by atoms with Gasteiger partial charge in [0.05, 0.1) is 0 Å². The van der Waals surface area contributed by atoms with Crippen LogP contribution in [0.5, 0.6) is 0 Å². The van der Waals surface area contributed by atoms with Crippen molar-refractivity contribution in [1.82, 2.24) is 10.6 Å². The van der Waals surface area contributed by atoms with E-state index in [0.717, 1.165) is 29.3 Å². The Labute approximate surface area is 125 Å². The Hall–Kier alpha value is -1.10. The first-order valence-electron chi connectivity index (χ1n) is 7.18. The Morgan fingerprint density at radius 2 is 2.25 bits per heavy atom. The predicted molar refractivity (Wildman–Crippen MR) is 86.5 cm³/mol. The normalized spacial score (nSPS) is 23.1. The van der Waals surface area contributed by atoms with Gasteiger partial charge in [-0.05, 0) is 45.4 Å². The second-order valence-electron chi connectivity index (χ2n) is 5.38. The number of rotatable bonds is 4. The van der Waals surface area contributed by atoms with Crippen molar-refractivity contribution in [3.8, 4) is 0 Å². The summed E-state index contributed by atoms with van der Waals surface area (Å²) in [4.78, 5) is 4.31. The number of nitrogens with zero attached hydrogens (tertiary/aromatic N) is 1. The van der Waals surface area contributed by atoms with E-state index in [2.05, 4.69) is 27.9 Å². The minimum atomic E-state index is 0.547. The standard InChI is InChI=1S/C15H25N3OS/c1-10-7-12(11(2)19-10)9-17-15(16-3)18-13-5-6-14(8-13)20-4/h7,13-14H,5-6,8-9H2,1-4H3,(H2,16,17,18). The average molecular weight is 295 g/mol. The lowest BCUT2D eigenvalue weighted by molar-refractivity contribution is 0.500. The summed E-state index contributed by atoms with van der Waals surface area (Å²) in [6.07, 6.45) is 5.96. The van der Waals surface area contributed by atoms with Crippen LogP contribution in [0.25, 0.3) is 0 Å². The Kier molecular flexibility index (Phi) is 5.40. The fourth-order valence-corrected chi connectivity index (χ4v) is 3.51. The van der Waals surface area contributed by atoms with Crippen LogP contribution in [0.3, 0.4) is 0 Å². The van der Waals surface area contributed by atoms with Crippen LogP contribution in [0.1, 0.15) is 36.3 Å². The summed E-state index contributed by atoms with van der Waals surface area (Å²) in [6.45, 7) is 4.73. The first-order valence-corrected chi connectivity index (χ1v) is 8.47. The number of nitrogens with one attached hydrogen (secondary N) is 2. The van der Waals surface area contributed by atoms with Crippen LogP contribution >= 0.6 is 11.8 Å². The quantitative estimate of drug-likeness (QED) is 0.662. The Morgan fingerprint density at radius 1 is 1.45 bits per heavy atom. The van der Waals surface area contributed by atoms with E-state index in [1.165, 1.54) is 24.8 Å². The minimum Gasteiger partial charge on any atom is -0.466 e. The zero-order valence-corrected chi connectivity index (χ0v) is 13.6.